The summed E-state index contributed by atoms with van der Waals surface area (Å²) in [5.41, 5.74) is 0. The van der Waals surface area contributed by atoms with E-state index in [9.17, 15) is 14.4 Å². The van der Waals surface area contributed by atoms with E-state index in [-0.39, 0.29) is 42.5 Å². The molecule has 1 saturated carbocycles. The number of methoxy groups -OCH3 is 1. The molecule has 3 atom stereocenters. The molecule has 0 aromatic carbocycles. The maximum Gasteiger partial charge on any atom is 0.246 e. The van der Waals surface area contributed by atoms with Crippen LogP contribution in [0.15, 0.2) is 0 Å². The van der Waals surface area contributed by atoms with Crippen LogP contribution in [0.3, 0.4) is 0 Å². The summed E-state index contributed by atoms with van der Waals surface area (Å²) in [6.45, 7) is 1.23. The van der Waals surface area contributed by atoms with E-state index in [1.54, 1.807) is 0 Å². The summed E-state index contributed by atoms with van der Waals surface area (Å²) >= 11 is 0. The van der Waals surface area contributed by atoms with Gasteiger partial charge in [0.25, 0.3) is 0 Å². The van der Waals surface area contributed by atoms with E-state index in [1.807, 2.05) is 0 Å². The van der Waals surface area contributed by atoms with Crippen molar-refractivity contribution in [3.63, 3.8) is 0 Å². The molecular weight excluding hydrogens is 312 g/mol. The smallest absolute Gasteiger partial charge is 0.246 e. The zero-order chi connectivity index (χ0) is 17.1. The molecule has 1 aliphatic carbocycles. The van der Waals surface area contributed by atoms with Crippen molar-refractivity contribution in [1.82, 2.24) is 20.9 Å². The monoisotopic (exact) mass is 338 g/mol. The van der Waals surface area contributed by atoms with Gasteiger partial charge in [-0.25, -0.2) is 0 Å². The second-order valence-electron chi connectivity index (χ2n) is 6.93. The molecule has 0 spiro atoms. The molecule has 134 valence electrons. The topological polar surface area (TPSA) is 99.8 Å². The van der Waals surface area contributed by atoms with Crippen molar-refractivity contribution in [2.24, 2.45) is 0 Å². The molecule has 3 N–H and O–H groups in total. The van der Waals surface area contributed by atoms with Crippen LogP contribution in [0.25, 0.3) is 0 Å². The van der Waals surface area contributed by atoms with Crippen molar-refractivity contribution in [1.29, 1.82) is 0 Å². The van der Waals surface area contributed by atoms with E-state index in [0.29, 0.717) is 38.4 Å². The quantitative estimate of drug-likeness (QED) is 0.539. The number of carbonyl (C=O) groups is 3. The van der Waals surface area contributed by atoms with Gasteiger partial charge in [0.2, 0.25) is 17.7 Å². The fourth-order valence-corrected chi connectivity index (χ4v) is 3.57. The Balaban J connectivity index is 1.51. The van der Waals surface area contributed by atoms with Gasteiger partial charge in [-0.05, 0) is 25.7 Å². The maximum atomic E-state index is 12.1. The standard InChI is InChI=1S/C16H26N4O4/c1-24-9-15(22)19-11-6-13-16(23)17-7-12(20(13)8-11)4-5-14(21)18-10-2-3-10/h10-13H,2-9H2,1H3,(H,17,23)(H,18,21)(H,19,22). The van der Waals surface area contributed by atoms with Gasteiger partial charge in [-0.3, -0.25) is 19.3 Å². The minimum absolute atomic E-state index is 0.0113. The van der Waals surface area contributed by atoms with Gasteiger partial charge in [-0.1, -0.05) is 0 Å². The molecule has 2 aliphatic heterocycles. The van der Waals surface area contributed by atoms with Gasteiger partial charge in [-0.15, -0.1) is 0 Å². The molecule has 0 radical (unpaired) electrons. The second kappa shape index (κ2) is 7.48. The number of nitrogens with one attached hydrogen (secondary N) is 3. The van der Waals surface area contributed by atoms with Crippen LogP contribution in [-0.2, 0) is 19.1 Å². The normalized spacial score (nSPS) is 29.7. The van der Waals surface area contributed by atoms with E-state index in [2.05, 4.69) is 20.9 Å². The number of amides is 3. The number of nitrogens with zero attached hydrogens (tertiary/aromatic N) is 1. The Kier molecular flexibility index (Phi) is 5.35. The van der Waals surface area contributed by atoms with Crippen LogP contribution in [0.4, 0.5) is 0 Å². The van der Waals surface area contributed by atoms with Gasteiger partial charge in [0.1, 0.15) is 6.61 Å². The largest absolute Gasteiger partial charge is 0.375 e. The Hall–Kier alpha value is -1.67. The van der Waals surface area contributed by atoms with E-state index in [0.717, 1.165) is 12.8 Å². The average molecular weight is 338 g/mol. The van der Waals surface area contributed by atoms with Gasteiger partial charge in [-0.2, -0.15) is 0 Å². The lowest BCUT2D eigenvalue weighted by Gasteiger charge is -2.37. The zero-order valence-electron chi connectivity index (χ0n) is 14.0. The van der Waals surface area contributed by atoms with Gasteiger partial charge in [0.05, 0.1) is 6.04 Å². The zero-order valence-corrected chi connectivity index (χ0v) is 14.0. The highest BCUT2D eigenvalue weighted by atomic mass is 16.5. The predicted molar refractivity (Wildman–Crippen MR) is 86.1 cm³/mol. The Labute approximate surface area is 141 Å². The van der Waals surface area contributed by atoms with Crippen molar-refractivity contribution in [3.8, 4) is 0 Å². The number of ether oxygens (including phenoxy) is 1. The van der Waals surface area contributed by atoms with Crippen molar-refractivity contribution in [2.75, 3.05) is 26.8 Å². The van der Waals surface area contributed by atoms with Crippen molar-refractivity contribution in [3.05, 3.63) is 0 Å². The molecule has 0 aromatic heterocycles. The summed E-state index contributed by atoms with van der Waals surface area (Å²) in [5.74, 6) is -0.0598. The molecule has 2 heterocycles. The summed E-state index contributed by atoms with van der Waals surface area (Å²) < 4.78 is 4.83. The lowest BCUT2D eigenvalue weighted by Crippen LogP contribution is -2.58. The van der Waals surface area contributed by atoms with E-state index >= 15 is 0 Å². The molecule has 2 saturated heterocycles. The summed E-state index contributed by atoms with van der Waals surface area (Å²) in [7, 11) is 1.48. The number of carbonyl (C=O) groups excluding carboxylic acids is 3. The lowest BCUT2D eigenvalue weighted by atomic mass is 10.0. The maximum absolute atomic E-state index is 12.1. The third-order valence-corrected chi connectivity index (χ3v) is 4.91. The Morgan fingerprint density at radius 1 is 1.25 bits per heavy atom. The van der Waals surface area contributed by atoms with Crippen LogP contribution in [0, 0.1) is 0 Å². The number of fused-ring (bicyclic) bond motifs is 1. The number of piperazine rings is 1. The minimum Gasteiger partial charge on any atom is -0.375 e. The van der Waals surface area contributed by atoms with Crippen LogP contribution < -0.4 is 16.0 Å². The number of hydrogen-bond donors (Lipinski definition) is 3. The first-order valence-corrected chi connectivity index (χ1v) is 8.68. The predicted octanol–water partition coefficient (Wildman–Crippen LogP) is -1.25. The molecule has 8 heteroatoms. The number of rotatable bonds is 7. The van der Waals surface area contributed by atoms with E-state index in [1.165, 1.54) is 7.11 Å². The first kappa shape index (κ1) is 17.2. The van der Waals surface area contributed by atoms with Crippen LogP contribution in [-0.4, -0.2) is 73.6 Å². The minimum atomic E-state index is -0.219. The van der Waals surface area contributed by atoms with E-state index in [4.69, 9.17) is 4.74 Å². The number of hydrogen-bond acceptors (Lipinski definition) is 5. The first-order chi connectivity index (χ1) is 11.6. The van der Waals surface area contributed by atoms with Gasteiger partial charge >= 0.3 is 0 Å². The fraction of sp³-hybridized carbons (Fsp3) is 0.812. The SMILES string of the molecule is COCC(=O)NC1CC2C(=O)NCC(CCC(=O)NC3CC3)N2C1. The Morgan fingerprint density at radius 3 is 2.71 bits per heavy atom. The molecule has 8 nitrogen and oxygen atoms in total. The van der Waals surface area contributed by atoms with Crippen molar-refractivity contribution >= 4 is 17.7 Å². The summed E-state index contributed by atoms with van der Waals surface area (Å²) in [4.78, 5) is 37.8. The van der Waals surface area contributed by atoms with Gasteiger partial charge < -0.3 is 20.7 Å². The summed E-state index contributed by atoms with van der Waals surface area (Å²) in [5, 5.41) is 8.84. The Bertz CT molecular complexity index is 508. The highest BCUT2D eigenvalue weighted by Gasteiger charge is 2.43. The van der Waals surface area contributed by atoms with Crippen LogP contribution >= 0.6 is 0 Å². The summed E-state index contributed by atoms with van der Waals surface area (Å²) in [6, 6.07) is 0.248. The molecule has 3 rings (SSSR count). The van der Waals surface area contributed by atoms with Crippen LogP contribution in [0.1, 0.15) is 32.1 Å². The second-order valence-corrected chi connectivity index (χ2v) is 6.93. The highest BCUT2D eigenvalue weighted by Crippen LogP contribution is 2.26. The third kappa shape index (κ3) is 4.24. The molecule has 24 heavy (non-hydrogen) atoms. The molecule has 0 aromatic rings. The van der Waals surface area contributed by atoms with Crippen LogP contribution in [0.5, 0.6) is 0 Å². The Morgan fingerprint density at radius 2 is 2.00 bits per heavy atom. The van der Waals surface area contributed by atoms with Crippen molar-refractivity contribution < 1.29 is 19.1 Å². The van der Waals surface area contributed by atoms with Crippen molar-refractivity contribution in [2.45, 2.75) is 56.3 Å². The van der Waals surface area contributed by atoms with E-state index < -0.39 is 0 Å². The van der Waals surface area contributed by atoms with Gasteiger partial charge in [0, 0.05) is 44.7 Å². The third-order valence-electron chi connectivity index (χ3n) is 4.91. The molecule has 3 unspecified atom stereocenters. The first-order valence-electron chi connectivity index (χ1n) is 8.68. The average Bonchev–Trinajstić information content (AvgIpc) is 3.24. The van der Waals surface area contributed by atoms with Gasteiger partial charge in [0.15, 0.2) is 0 Å². The molecule has 3 fully saturated rings. The molecule has 3 amide bonds. The highest BCUT2D eigenvalue weighted by molar-refractivity contribution is 5.84. The lowest BCUT2D eigenvalue weighted by molar-refractivity contribution is -0.129. The molecule has 0 bridgehead atoms. The van der Waals surface area contributed by atoms with Crippen LogP contribution in [0.2, 0.25) is 0 Å². The summed E-state index contributed by atoms with van der Waals surface area (Å²) in [6.07, 6.45) is 3.96. The fourth-order valence-electron chi connectivity index (χ4n) is 3.57. The molecular formula is C16H26N4O4. The molecule has 3 aliphatic rings.